The highest BCUT2D eigenvalue weighted by atomic mass is 32.1. The Kier molecular flexibility index (Phi) is 3.99. The van der Waals surface area contributed by atoms with Gasteiger partial charge in [-0.15, -0.1) is 11.3 Å². The summed E-state index contributed by atoms with van der Waals surface area (Å²) in [5.74, 6) is -0.309. The van der Waals surface area contributed by atoms with Crippen LogP contribution in [0.5, 0.6) is 0 Å². The Morgan fingerprint density at radius 3 is 2.89 bits per heavy atom. The number of carbonyl (C=O) groups is 1. The van der Waals surface area contributed by atoms with Crippen LogP contribution in [0.4, 0.5) is 5.69 Å². The fourth-order valence-electron chi connectivity index (χ4n) is 1.35. The van der Waals surface area contributed by atoms with E-state index in [1.807, 2.05) is 0 Å². The molecule has 0 saturated heterocycles. The van der Waals surface area contributed by atoms with Gasteiger partial charge in [0.25, 0.3) is 11.6 Å². The molecule has 2 rings (SSSR count). The minimum absolute atomic E-state index is 0.0199. The third kappa shape index (κ3) is 3.46. The number of carbonyl (C=O) groups excluding carboxylic acids is 1. The van der Waals surface area contributed by atoms with Gasteiger partial charge in [0, 0.05) is 17.7 Å². The van der Waals surface area contributed by atoms with Crippen LogP contribution in [-0.2, 0) is 0 Å². The van der Waals surface area contributed by atoms with Gasteiger partial charge in [-0.1, -0.05) is 18.2 Å². The number of benzene rings is 1. The number of hydrazone groups is 1. The highest BCUT2D eigenvalue weighted by Crippen LogP contribution is 2.11. The lowest BCUT2D eigenvalue weighted by Gasteiger charge is -1.96. The molecule has 2 aromatic rings. The van der Waals surface area contributed by atoms with Gasteiger partial charge in [0.15, 0.2) is 0 Å². The summed E-state index contributed by atoms with van der Waals surface area (Å²) in [7, 11) is 0. The molecule has 0 atom stereocenters. The van der Waals surface area contributed by atoms with E-state index >= 15 is 0 Å². The number of rotatable bonds is 4. The number of nitro groups is 1. The summed E-state index contributed by atoms with van der Waals surface area (Å²) in [5.41, 5.74) is 2.88. The first-order chi connectivity index (χ1) is 9.16. The third-order valence-electron chi connectivity index (χ3n) is 2.21. The second-order valence-corrected chi connectivity index (χ2v) is 4.48. The average molecular weight is 275 g/mol. The summed E-state index contributed by atoms with van der Waals surface area (Å²) in [6.45, 7) is 0. The number of nitro benzene ring substituents is 1. The standard InChI is InChI=1S/C12H9N3O3S/c16-12(11-5-2-6-19-11)14-13-8-9-3-1-4-10(7-9)15(17)18/h1-8H,(H,14,16)/b13-8+. The molecule has 0 aliphatic heterocycles. The Balaban J connectivity index is 2.01. The lowest BCUT2D eigenvalue weighted by molar-refractivity contribution is -0.384. The first-order valence-corrected chi connectivity index (χ1v) is 6.16. The fraction of sp³-hybridized carbons (Fsp3) is 0. The van der Waals surface area contributed by atoms with E-state index in [-0.39, 0.29) is 11.6 Å². The van der Waals surface area contributed by atoms with Crippen molar-refractivity contribution >= 4 is 29.1 Å². The average Bonchev–Trinajstić information content (AvgIpc) is 2.93. The zero-order valence-corrected chi connectivity index (χ0v) is 10.5. The predicted molar refractivity (Wildman–Crippen MR) is 72.5 cm³/mol. The molecule has 0 aliphatic carbocycles. The van der Waals surface area contributed by atoms with Gasteiger partial charge in [-0.2, -0.15) is 5.10 Å². The normalized spacial score (nSPS) is 10.5. The molecule has 0 fully saturated rings. The van der Waals surface area contributed by atoms with Crippen LogP contribution in [0.25, 0.3) is 0 Å². The fourth-order valence-corrected chi connectivity index (χ4v) is 1.96. The van der Waals surface area contributed by atoms with Crippen molar-refractivity contribution in [2.45, 2.75) is 0 Å². The van der Waals surface area contributed by atoms with E-state index in [4.69, 9.17) is 0 Å². The topological polar surface area (TPSA) is 84.6 Å². The molecule has 1 heterocycles. The van der Waals surface area contributed by atoms with E-state index in [0.717, 1.165) is 0 Å². The quantitative estimate of drug-likeness (QED) is 0.528. The first-order valence-electron chi connectivity index (χ1n) is 5.28. The van der Waals surface area contributed by atoms with Gasteiger partial charge in [0.2, 0.25) is 0 Å². The molecule has 96 valence electrons. The molecule has 0 radical (unpaired) electrons. The number of amides is 1. The second kappa shape index (κ2) is 5.87. The van der Waals surface area contributed by atoms with Crippen LogP contribution in [0, 0.1) is 10.1 Å². The molecular weight excluding hydrogens is 266 g/mol. The van der Waals surface area contributed by atoms with Crippen molar-refractivity contribution in [3.8, 4) is 0 Å². The summed E-state index contributed by atoms with van der Waals surface area (Å²) in [4.78, 5) is 22.2. The summed E-state index contributed by atoms with van der Waals surface area (Å²) < 4.78 is 0. The van der Waals surface area contributed by atoms with Crippen molar-refractivity contribution in [3.05, 3.63) is 62.3 Å². The van der Waals surface area contributed by atoms with E-state index < -0.39 is 4.92 Å². The van der Waals surface area contributed by atoms with Crippen LogP contribution in [0.2, 0.25) is 0 Å². The maximum Gasteiger partial charge on any atom is 0.281 e. The molecule has 1 aromatic heterocycles. The zero-order chi connectivity index (χ0) is 13.7. The highest BCUT2D eigenvalue weighted by Gasteiger charge is 2.05. The number of thiophene rings is 1. The molecule has 0 saturated carbocycles. The minimum atomic E-state index is -0.485. The smallest absolute Gasteiger partial charge is 0.266 e. The van der Waals surface area contributed by atoms with Gasteiger partial charge < -0.3 is 0 Å². The van der Waals surface area contributed by atoms with Crippen LogP contribution in [0.3, 0.4) is 0 Å². The monoisotopic (exact) mass is 275 g/mol. The van der Waals surface area contributed by atoms with Crippen LogP contribution in [0.15, 0.2) is 46.9 Å². The molecule has 7 heteroatoms. The molecular formula is C12H9N3O3S. The molecule has 0 aliphatic rings. The molecule has 0 spiro atoms. The van der Waals surface area contributed by atoms with Gasteiger partial charge in [-0.25, -0.2) is 5.43 Å². The molecule has 0 bridgehead atoms. The molecule has 19 heavy (non-hydrogen) atoms. The van der Waals surface area contributed by atoms with Crippen molar-refractivity contribution < 1.29 is 9.72 Å². The van der Waals surface area contributed by atoms with E-state index in [1.165, 1.54) is 29.7 Å². The summed E-state index contributed by atoms with van der Waals surface area (Å²) in [5, 5.41) is 16.1. The van der Waals surface area contributed by atoms with Gasteiger partial charge in [0.05, 0.1) is 16.0 Å². The SMILES string of the molecule is O=C(N/N=C/c1cccc([N+](=O)[O-])c1)c1cccs1. The van der Waals surface area contributed by atoms with E-state index in [0.29, 0.717) is 10.4 Å². The van der Waals surface area contributed by atoms with Gasteiger partial charge in [0.1, 0.15) is 0 Å². The number of nitrogens with zero attached hydrogens (tertiary/aromatic N) is 2. The van der Waals surface area contributed by atoms with Crippen molar-refractivity contribution in [1.82, 2.24) is 5.43 Å². The molecule has 1 amide bonds. The number of hydrogen-bond donors (Lipinski definition) is 1. The molecule has 1 aromatic carbocycles. The Labute approximate surface area is 112 Å². The van der Waals surface area contributed by atoms with Crippen molar-refractivity contribution in [2.75, 3.05) is 0 Å². The van der Waals surface area contributed by atoms with Crippen molar-refractivity contribution in [2.24, 2.45) is 5.10 Å². The van der Waals surface area contributed by atoms with E-state index in [2.05, 4.69) is 10.5 Å². The first kappa shape index (κ1) is 12.9. The maximum absolute atomic E-state index is 11.5. The number of hydrogen-bond acceptors (Lipinski definition) is 5. The minimum Gasteiger partial charge on any atom is -0.266 e. The van der Waals surface area contributed by atoms with Crippen LogP contribution >= 0.6 is 11.3 Å². The number of non-ortho nitro benzene ring substituents is 1. The van der Waals surface area contributed by atoms with Gasteiger partial charge in [-0.3, -0.25) is 14.9 Å². The Morgan fingerprint density at radius 1 is 1.37 bits per heavy atom. The van der Waals surface area contributed by atoms with Crippen LogP contribution < -0.4 is 5.43 Å². The third-order valence-corrected chi connectivity index (χ3v) is 3.07. The lowest BCUT2D eigenvalue weighted by Crippen LogP contribution is -2.16. The Hall–Kier alpha value is -2.54. The Bertz CT molecular complexity index is 623. The molecule has 1 N–H and O–H groups in total. The molecule has 0 unspecified atom stereocenters. The molecule has 6 nitrogen and oxygen atoms in total. The van der Waals surface area contributed by atoms with Crippen LogP contribution in [-0.4, -0.2) is 17.0 Å². The largest absolute Gasteiger partial charge is 0.281 e. The maximum atomic E-state index is 11.5. The highest BCUT2D eigenvalue weighted by molar-refractivity contribution is 7.12. The van der Waals surface area contributed by atoms with Gasteiger partial charge >= 0.3 is 0 Å². The number of nitrogens with one attached hydrogen (secondary N) is 1. The van der Waals surface area contributed by atoms with Crippen molar-refractivity contribution in [1.29, 1.82) is 0 Å². The van der Waals surface area contributed by atoms with E-state index in [9.17, 15) is 14.9 Å². The predicted octanol–water partition coefficient (Wildman–Crippen LogP) is 2.42. The zero-order valence-electron chi connectivity index (χ0n) is 9.65. The Morgan fingerprint density at radius 2 is 2.21 bits per heavy atom. The second-order valence-electron chi connectivity index (χ2n) is 3.53. The summed E-state index contributed by atoms with van der Waals surface area (Å²) >= 11 is 1.31. The summed E-state index contributed by atoms with van der Waals surface area (Å²) in [6.07, 6.45) is 1.36. The summed E-state index contributed by atoms with van der Waals surface area (Å²) in [6, 6.07) is 9.43. The van der Waals surface area contributed by atoms with Crippen LogP contribution in [0.1, 0.15) is 15.2 Å². The van der Waals surface area contributed by atoms with E-state index in [1.54, 1.807) is 29.6 Å². The van der Waals surface area contributed by atoms with Gasteiger partial charge in [-0.05, 0) is 11.4 Å². The van der Waals surface area contributed by atoms with Crippen molar-refractivity contribution in [3.63, 3.8) is 0 Å². The lowest BCUT2D eigenvalue weighted by atomic mass is 10.2.